The Morgan fingerprint density at radius 3 is 2.04 bits per heavy atom. The minimum atomic E-state index is -5.39. The van der Waals surface area contributed by atoms with Gasteiger partial charge in [-0.05, 0) is 43.6 Å². The SMILES string of the molecule is CCC(CC)CC[NH2+]CCCCCc1ccc([N+](=O)[O-])cc1.O=P([O-])([O-])[O-]. The molecule has 1 aromatic carbocycles. The van der Waals surface area contributed by atoms with Gasteiger partial charge in [0.1, 0.15) is 0 Å². The molecule has 0 radical (unpaired) electrons. The quantitative estimate of drug-likeness (QED) is 0.238. The maximum Gasteiger partial charge on any atom is 0.269 e. The maximum absolute atomic E-state index is 10.6. The number of unbranched alkanes of at least 4 members (excludes halogenated alkanes) is 2. The van der Waals surface area contributed by atoms with Crippen molar-refractivity contribution in [1.29, 1.82) is 0 Å². The molecule has 0 aliphatic rings. The van der Waals surface area contributed by atoms with Gasteiger partial charge >= 0.3 is 0 Å². The Morgan fingerprint density at radius 1 is 1.00 bits per heavy atom. The molecule has 1 rings (SSSR count). The highest BCUT2D eigenvalue weighted by Crippen LogP contribution is 2.14. The average Bonchev–Trinajstić information content (AvgIpc) is 2.59. The van der Waals surface area contributed by atoms with Gasteiger partial charge in [0.2, 0.25) is 0 Å². The number of nitrogens with zero attached hydrogens (tertiary/aromatic N) is 1. The Morgan fingerprint density at radius 2 is 1.56 bits per heavy atom. The van der Waals surface area contributed by atoms with Crippen molar-refractivity contribution in [2.75, 3.05) is 13.1 Å². The van der Waals surface area contributed by atoms with Crippen molar-refractivity contribution in [2.24, 2.45) is 5.92 Å². The predicted octanol–water partition coefficient (Wildman–Crippen LogP) is 0.873. The van der Waals surface area contributed by atoms with Crippen molar-refractivity contribution < 1.29 is 29.5 Å². The molecule has 0 bridgehead atoms. The summed E-state index contributed by atoms with van der Waals surface area (Å²) in [5, 5.41) is 13.0. The van der Waals surface area contributed by atoms with E-state index in [1.54, 1.807) is 12.1 Å². The molecule has 0 fully saturated rings. The number of nitro benzene ring substituents is 1. The molecule has 0 heterocycles. The maximum atomic E-state index is 10.6. The third kappa shape index (κ3) is 16.6. The third-order valence-electron chi connectivity index (χ3n) is 4.45. The fourth-order valence-electron chi connectivity index (χ4n) is 2.77. The second-order valence-electron chi connectivity index (χ2n) is 6.52. The van der Waals surface area contributed by atoms with Crippen LogP contribution in [-0.2, 0) is 11.0 Å². The molecule has 2 N–H and O–H groups in total. The fourth-order valence-corrected chi connectivity index (χ4v) is 2.77. The molecule has 0 unspecified atom stereocenters. The van der Waals surface area contributed by atoms with Crippen LogP contribution in [0.3, 0.4) is 0 Å². The topological polar surface area (TPSA) is 146 Å². The molecule has 0 aromatic heterocycles. The summed E-state index contributed by atoms with van der Waals surface area (Å²) in [6.07, 6.45) is 8.63. The summed E-state index contributed by atoms with van der Waals surface area (Å²) in [6.45, 7) is 7.05. The van der Waals surface area contributed by atoms with Crippen molar-refractivity contribution in [3.63, 3.8) is 0 Å². The van der Waals surface area contributed by atoms with E-state index in [9.17, 15) is 10.1 Å². The van der Waals surface area contributed by atoms with E-state index in [0.717, 1.165) is 18.8 Å². The number of nitro groups is 1. The first-order chi connectivity index (χ1) is 12.7. The van der Waals surface area contributed by atoms with E-state index < -0.39 is 7.82 Å². The van der Waals surface area contributed by atoms with E-state index in [0.29, 0.717) is 0 Å². The largest absolute Gasteiger partial charge is 0.822 e. The monoisotopic (exact) mass is 402 g/mol. The molecule has 0 saturated heterocycles. The number of quaternary nitrogens is 1. The molecular weight excluding hydrogens is 371 g/mol. The van der Waals surface area contributed by atoms with E-state index in [1.807, 2.05) is 12.1 Å². The molecule has 0 amide bonds. The van der Waals surface area contributed by atoms with Gasteiger partial charge in [-0.15, -0.1) is 0 Å². The van der Waals surface area contributed by atoms with Crippen LogP contribution in [-0.4, -0.2) is 18.0 Å². The lowest BCUT2D eigenvalue weighted by Gasteiger charge is -2.36. The molecule has 0 saturated carbocycles. The van der Waals surface area contributed by atoms with Gasteiger partial charge in [0.15, 0.2) is 0 Å². The van der Waals surface area contributed by atoms with Gasteiger partial charge in [-0.2, -0.15) is 7.82 Å². The summed E-state index contributed by atoms with van der Waals surface area (Å²) in [5.74, 6) is 0.901. The first-order valence-electron chi connectivity index (χ1n) is 9.45. The first-order valence-corrected chi connectivity index (χ1v) is 10.9. The number of nitrogens with two attached hydrogens (primary N) is 1. The number of hydrogen-bond acceptors (Lipinski definition) is 6. The molecule has 0 atom stereocenters. The molecule has 8 nitrogen and oxygen atoms in total. The Balaban J connectivity index is 0.00000119. The van der Waals surface area contributed by atoms with Crippen molar-refractivity contribution in [2.45, 2.75) is 58.8 Å². The van der Waals surface area contributed by atoms with Gasteiger partial charge in [-0.1, -0.05) is 38.8 Å². The minimum absolute atomic E-state index is 0.177. The van der Waals surface area contributed by atoms with Gasteiger partial charge in [0.05, 0.1) is 18.0 Å². The first kappa shape index (κ1) is 25.7. The summed E-state index contributed by atoms with van der Waals surface area (Å²) in [5.41, 5.74) is 1.37. The smallest absolute Gasteiger partial charge is 0.269 e. The number of phosphoric acid groups is 1. The number of hydrogen-bond donors (Lipinski definition) is 1. The third-order valence-corrected chi connectivity index (χ3v) is 4.45. The van der Waals surface area contributed by atoms with Crippen LogP contribution in [0, 0.1) is 16.0 Å². The standard InChI is InChI=1S/C18H30N2O2.H3O4P/c1-3-16(4-2)13-15-19-14-7-5-6-8-17-9-11-18(12-10-17)20(21)22;1-5(2,3)4/h9-12,16,19H,3-8,13-15H2,1-2H3;(H3,1,2,3,4)/p-2. The summed E-state index contributed by atoms with van der Waals surface area (Å²) in [7, 11) is -5.39. The molecule has 0 spiro atoms. The van der Waals surface area contributed by atoms with Crippen molar-refractivity contribution in [3.8, 4) is 0 Å². The van der Waals surface area contributed by atoms with Crippen LogP contribution in [0.15, 0.2) is 24.3 Å². The Hall–Kier alpha value is -1.31. The lowest BCUT2D eigenvalue weighted by molar-refractivity contribution is -0.656. The van der Waals surface area contributed by atoms with Crippen LogP contribution in [0.2, 0.25) is 0 Å². The lowest BCUT2D eigenvalue weighted by atomic mass is 10.00. The zero-order valence-corrected chi connectivity index (χ0v) is 17.1. The van der Waals surface area contributed by atoms with Crippen LogP contribution in [0.25, 0.3) is 0 Å². The van der Waals surface area contributed by atoms with E-state index in [-0.39, 0.29) is 10.6 Å². The van der Waals surface area contributed by atoms with Gasteiger partial charge in [0.25, 0.3) is 5.69 Å². The zero-order valence-electron chi connectivity index (χ0n) is 16.2. The van der Waals surface area contributed by atoms with Crippen LogP contribution in [0.4, 0.5) is 5.69 Å². The minimum Gasteiger partial charge on any atom is -0.822 e. The van der Waals surface area contributed by atoms with E-state index in [2.05, 4.69) is 19.2 Å². The number of aryl methyl sites for hydroxylation is 1. The normalized spacial score (nSPS) is 11.2. The van der Waals surface area contributed by atoms with E-state index in [4.69, 9.17) is 19.2 Å². The summed E-state index contributed by atoms with van der Waals surface area (Å²) in [6, 6.07) is 6.95. The van der Waals surface area contributed by atoms with Crippen LogP contribution >= 0.6 is 7.82 Å². The highest BCUT2D eigenvalue weighted by molar-refractivity contribution is 7.40. The lowest BCUT2D eigenvalue weighted by Crippen LogP contribution is -2.84. The van der Waals surface area contributed by atoms with Crippen LogP contribution < -0.4 is 20.0 Å². The highest BCUT2D eigenvalue weighted by atomic mass is 31.2. The summed E-state index contributed by atoms with van der Waals surface area (Å²) >= 11 is 0. The number of non-ortho nitro benzene ring substituents is 1. The Kier molecular flexibility index (Phi) is 14.0. The molecule has 156 valence electrons. The Bertz CT molecular complexity index is 549. The Labute approximate surface area is 161 Å². The zero-order chi connectivity index (χ0) is 20.7. The second-order valence-corrected chi connectivity index (χ2v) is 7.41. The molecule has 0 aliphatic heterocycles. The predicted molar refractivity (Wildman–Crippen MR) is 98.6 cm³/mol. The van der Waals surface area contributed by atoms with Crippen molar-refractivity contribution in [1.82, 2.24) is 0 Å². The number of benzene rings is 1. The highest BCUT2D eigenvalue weighted by Gasteiger charge is 2.05. The molecule has 1 aromatic rings. The molecule has 27 heavy (non-hydrogen) atoms. The van der Waals surface area contributed by atoms with E-state index >= 15 is 0 Å². The fraction of sp³-hybridized carbons (Fsp3) is 0.667. The summed E-state index contributed by atoms with van der Waals surface area (Å²) < 4.78 is 8.55. The van der Waals surface area contributed by atoms with Gasteiger partial charge < -0.3 is 24.6 Å². The molecular formula is C18H31N2O6P-2. The van der Waals surface area contributed by atoms with Crippen LogP contribution in [0.1, 0.15) is 57.9 Å². The van der Waals surface area contributed by atoms with E-state index in [1.165, 1.54) is 50.8 Å². The number of rotatable bonds is 12. The molecule has 0 aliphatic carbocycles. The average molecular weight is 402 g/mol. The van der Waals surface area contributed by atoms with Crippen LogP contribution in [0.5, 0.6) is 0 Å². The van der Waals surface area contributed by atoms with Gasteiger partial charge in [-0.25, -0.2) is 0 Å². The van der Waals surface area contributed by atoms with Crippen molar-refractivity contribution in [3.05, 3.63) is 39.9 Å². The van der Waals surface area contributed by atoms with Crippen molar-refractivity contribution >= 4 is 13.5 Å². The molecule has 9 heteroatoms. The van der Waals surface area contributed by atoms with Gasteiger partial charge in [0, 0.05) is 12.1 Å². The summed E-state index contributed by atoms with van der Waals surface area (Å²) in [4.78, 5) is 35.9. The van der Waals surface area contributed by atoms with Gasteiger partial charge in [-0.3, -0.25) is 10.1 Å². The second kappa shape index (κ2) is 14.7.